The number of ether oxygens (including phenoxy) is 1. The van der Waals surface area contributed by atoms with Crippen LogP contribution in [0.2, 0.25) is 0 Å². The van der Waals surface area contributed by atoms with Crippen LogP contribution in [0.15, 0.2) is 72.1 Å². The van der Waals surface area contributed by atoms with Crippen molar-refractivity contribution in [1.82, 2.24) is 0 Å². The fourth-order valence-electron chi connectivity index (χ4n) is 3.33. The molecule has 7 heteroatoms. The number of rotatable bonds is 8. The van der Waals surface area contributed by atoms with E-state index in [1.54, 1.807) is 25.1 Å². The summed E-state index contributed by atoms with van der Waals surface area (Å²) < 4.78 is 34.4. The van der Waals surface area contributed by atoms with Gasteiger partial charge in [-0.3, -0.25) is 4.72 Å². The Hall–Kier alpha value is -3.58. The second-order valence-electron chi connectivity index (χ2n) is 7.01. The van der Waals surface area contributed by atoms with Crippen molar-refractivity contribution in [3.8, 4) is 5.75 Å². The molecule has 0 amide bonds. The van der Waals surface area contributed by atoms with E-state index in [4.69, 9.17) is 4.74 Å². The van der Waals surface area contributed by atoms with E-state index in [0.717, 1.165) is 5.56 Å². The molecular formula is C24H23NO5S. The number of anilines is 1. The van der Waals surface area contributed by atoms with Crippen LogP contribution in [0.5, 0.6) is 5.75 Å². The van der Waals surface area contributed by atoms with Crippen molar-refractivity contribution < 1.29 is 23.1 Å². The predicted octanol–water partition coefficient (Wildman–Crippen LogP) is 4.74. The van der Waals surface area contributed by atoms with Crippen LogP contribution in [0.1, 0.15) is 32.6 Å². The summed E-state index contributed by atoms with van der Waals surface area (Å²) in [4.78, 5) is 11.8. The number of carboxylic acid groups (broad SMARTS) is 1. The average molecular weight is 438 g/mol. The first kappa shape index (κ1) is 22.1. The second kappa shape index (κ2) is 9.06. The third-order valence-corrected chi connectivity index (χ3v) is 6.31. The van der Waals surface area contributed by atoms with E-state index in [9.17, 15) is 18.3 Å². The lowest BCUT2D eigenvalue weighted by Crippen LogP contribution is -2.18. The van der Waals surface area contributed by atoms with Crippen LogP contribution in [0.3, 0.4) is 0 Å². The normalized spacial score (nSPS) is 11.0. The van der Waals surface area contributed by atoms with E-state index in [1.165, 1.54) is 25.3 Å². The van der Waals surface area contributed by atoms with Gasteiger partial charge in [0.2, 0.25) is 0 Å². The highest BCUT2D eigenvalue weighted by molar-refractivity contribution is 7.92. The van der Waals surface area contributed by atoms with Crippen LogP contribution in [-0.4, -0.2) is 26.6 Å². The number of carbonyl (C=O) groups is 1. The zero-order valence-corrected chi connectivity index (χ0v) is 18.1. The first-order valence-electron chi connectivity index (χ1n) is 9.49. The van der Waals surface area contributed by atoms with Gasteiger partial charge in [0, 0.05) is 0 Å². The number of carboxylic acids is 1. The Morgan fingerprint density at radius 3 is 2.45 bits per heavy atom. The standard InChI is InChI=1S/C24H23NO5S/c1-4-17-12-16(2)23(21(14-17)24(26)27)25-31(28,29)22-11-10-20(30-3)15-19(22)13-18-8-6-5-7-9-18/h4-12,14-15,25H,1,13H2,2-3H3,(H,26,27). The fourth-order valence-corrected chi connectivity index (χ4v) is 4.70. The van der Waals surface area contributed by atoms with Gasteiger partial charge in [0.25, 0.3) is 10.0 Å². The zero-order chi connectivity index (χ0) is 22.6. The van der Waals surface area contributed by atoms with E-state index in [1.807, 2.05) is 30.3 Å². The summed E-state index contributed by atoms with van der Waals surface area (Å²) in [5.74, 6) is -0.702. The molecule has 3 aromatic carbocycles. The summed E-state index contributed by atoms with van der Waals surface area (Å²) in [5.41, 5.74) is 2.43. The minimum atomic E-state index is -4.08. The molecule has 6 nitrogen and oxygen atoms in total. The molecule has 0 aromatic heterocycles. The minimum Gasteiger partial charge on any atom is -0.497 e. The smallest absolute Gasteiger partial charge is 0.337 e. The highest BCUT2D eigenvalue weighted by Crippen LogP contribution is 2.30. The molecule has 0 heterocycles. The molecule has 0 bridgehead atoms. The fraction of sp³-hybridized carbons (Fsp3) is 0.125. The first-order valence-corrected chi connectivity index (χ1v) is 11.0. The van der Waals surface area contributed by atoms with Gasteiger partial charge < -0.3 is 9.84 Å². The molecule has 0 aliphatic carbocycles. The van der Waals surface area contributed by atoms with E-state index >= 15 is 0 Å². The topological polar surface area (TPSA) is 92.7 Å². The highest BCUT2D eigenvalue weighted by atomic mass is 32.2. The van der Waals surface area contributed by atoms with Crippen LogP contribution >= 0.6 is 0 Å². The zero-order valence-electron chi connectivity index (χ0n) is 17.3. The lowest BCUT2D eigenvalue weighted by molar-refractivity contribution is 0.0698. The van der Waals surface area contributed by atoms with E-state index in [0.29, 0.717) is 28.9 Å². The Labute approximate surface area is 181 Å². The van der Waals surface area contributed by atoms with Gasteiger partial charge in [-0.25, -0.2) is 13.2 Å². The molecule has 160 valence electrons. The van der Waals surface area contributed by atoms with Gasteiger partial charge in [-0.15, -0.1) is 0 Å². The molecule has 0 spiro atoms. The number of methoxy groups -OCH3 is 1. The molecule has 0 radical (unpaired) electrons. The lowest BCUT2D eigenvalue weighted by atomic mass is 10.0. The molecule has 0 atom stereocenters. The lowest BCUT2D eigenvalue weighted by Gasteiger charge is -2.17. The van der Waals surface area contributed by atoms with Crippen molar-refractivity contribution in [1.29, 1.82) is 0 Å². The van der Waals surface area contributed by atoms with Crippen molar-refractivity contribution >= 4 is 27.8 Å². The minimum absolute atomic E-state index is 0.0274. The molecule has 0 unspecified atom stereocenters. The highest BCUT2D eigenvalue weighted by Gasteiger charge is 2.24. The molecular weight excluding hydrogens is 414 g/mol. The quantitative estimate of drug-likeness (QED) is 0.531. The molecule has 0 aliphatic rings. The molecule has 3 rings (SSSR count). The summed E-state index contributed by atoms with van der Waals surface area (Å²) in [5, 5.41) is 9.61. The van der Waals surface area contributed by atoms with Crippen LogP contribution in [0.25, 0.3) is 6.08 Å². The maximum atomic E-state index is 13.3. The summed E-state index contributed by atoms with van der Waals surface area (Å²) in [7, 11) is -2.57. The van der Waals surface area contributed by atoms with Crippen molar-refractivity contribution in [2.75, 3.05) is 11.8 Å². The summed E-state index contributed by atoms with van der Waals surface area (Å²) in [6, 6.07) is 17.2. The first-order chi connectivity index (χ1) is 14.7. The van der Waals surface area contributed by atoms with Gasteiger partial charge >= 0.3 is 5.97 Å². The van der Waals surface area contributed by atoms with Crippen LogP contribution in [0.4, 0.5) is 5.69 Å². The van der Waals surface area contributed by atoms with Gasteiger partial charge in [0.05, 0.1) is 23.3 Å². The van der Waals surface area contributed by atoms with E-state index < -0.39 is 16.0 Å². The number of benzene rings is 3. The predicted molar refractivity (Wildman–Crippen MR) is 121 cm³/mol. The number of aryl methyl sites for hydroxylation is 1. The number of aromatic carboxylic acids is 1. The third-order valence-electron chi connectivity index (χ3n) is 4.85. The maximum Gasteiger partial charge on any atom is 0.337 e. The van der Waals surface area contributed by atoms with Crippen molar-refractivity contribution in [3.63, 3.8) is 0 Å². The maximum absolute atomic E-state index is 13.3. The summed E-state index contributed by atoms with van der Waals surface area (Å²) in [6.07, 6.45) is 1.88. The van der Waals surface area contributed by atoms with Crippen molar-refractivity contribution in [2.45, 2.75) is 18.2 Å². The Bertz CT molecular complexity index is 1230. The monoisotopic (exact) mass is 437 g/mol. The van der Waals surface area contributed by atoms with Crippen LogP contribution in [-0.2, 0) is 16.4 Å². The Morgan fingerprint density at radius 1 is 1.13 bits per heavy atom. The van der Waals surface area contributed by atoms with Gasteiger partial charge in [-0.05, 0) is 65.9 Å². The van der Waals surface area contributed by atoms with Gasteiger partial charge in [0.15, 0.2) is 0 Å². The number of hydrogen-bond acceptors (Lipinski definition) is 4. The summed E-state index contributed by atoms with van der Waals surface area (Å²) in [6.45, 7) is 5.30. The molecule has 2 N–H and O–H groups in total. The Morgan fingerprint density at radius 2 is 1.84 bits per heavy atom. The number of nitrogens with one attached hydrogen (secondary N) is 1. The Balaban J connectivity index is 2.09. The summed E-state index contributed by atoms with van der Waals surface area (Å²) >= 11 is 0. The van der Waals surface area contributed by atoms with E-state index in [2.05, 4.69) is 11.3 Å². The molecule has 3 aromatic rings. The van der Waals surface area contributed by atoms with Crippen molar-refractivity contribution in [3.05, 3.63) is 95.1 Å². The van der Waals surface area contributed by atoms with Gasteiger partial charge in [-0.1, -0.05) is 43.0 Å². The number of sulfonamides is 1. The molecule has 0 aliphatic heterocycles. The third kappa shape index (κ3) is 4.95. The van der Waals surface area contributed by atoms with Crippen LogP contribution < -0.4 is 9.46 Å². The number of hydrogen-bond donors (Lipinski definition) is 2. The SMILES string of the molecule is C=Cc1cc(C)c(NS(=O)(=O)c2ccc(OC)cc2Cc2ccccc2)c(C(=O)O)c1. The van der Waals surface area contributed by atoms with Gasteiger partial charge in [-0.2, -0.15) is 0 Å². The van der Waals surface area contributed by atoms with Crippen molar-refractivity contribution in [2.24, 2.45) is 0 Å². The second-order valence-corrected chi connectivity index (χ2v) is 8.66. The average Bonchev–Trinajstić information content (AvgIpc) is 2.75. The molecule has 0 saturated heterocycles. The Kier molecular flexibility index (Phi) is 6.46. The molecule has 0 saturated carbocycles. The molecule has 0 fully saturated rings. The van der Waals surface area contributed by atoms with Gasteiger partial charge in [0.1, 0.15) is 5.75 Å². The van der Waals surface area contributed by atoms with Crippen LogP contribution in [0, 0.1) is 6.92 Å². The van der Waals surface area contributed by atoms with E-state index in [-0.39, 0.29) is 16.1 Å². The molecule has 31 heavy (non-hydrogen) atoms. The largest absolute Gasteiger partial charge is 0.497 e.